The molecule has 1 aliphatic heterocycles. The molecule has 0 aromatic heterocycles. The number of amides is 2. The van der Waals surface area contributed by atoms with Gasteiger partial charge in [0.1, 0.15) is 0 Å². The lowest BCUT2D eigenvalue weighted by Gasteiger charge is -2.34. The normalized spacial score (nSPS) is 16.1. The van der Waals surface area contributed by atoms with E-state index in [0.29, 0.717) is 30.5 Å². The minimum Gasteiger partial charge on any atom is -0.356 e. The molecule has 5 nitrogen and oxygen atoms in total. The Morgan fingerprint density at radius 2 is 1.84 bits per heavy atom. The Morgan fingerprint density at radius 3 is 2.55 bits per heavy atom. The summed E-state index contributed by atoms with van der Waals surface area (Å²) in [7, 11) is 2.17. The first-order valence-electron chi connectivity index (χ1n) is 12.2. The largest absolute Gasteiger partial charge is 0.356 e. The predicted octanol–water partition coefficient (Wildman–Crippen LogP) is 4.94. The number of quaternary nitrogens is 1. The smallest absolute Gasteiger partial charge is 0.226 e. The highest BCUT2D eigenvalue weighted by Gasteiger charge is 2.28. The molecule has 31 heavy (non-hydrogen) atoms. The fraction of sp³-hybridized carbons (Fsp3) is 0.615. The average Bonchev–Trinajstić information content (AvgIpc) is 3.17. The molecule has 1 fully saturated rings. The lowest BCUT2D eigenvalue weighted by atomic mass is 10.1. The van der Waals surface area contributed by atoms with Gasteiger partial charge in [-0.1, -0.05) is 69.4 Å². The topological polar surface area (TPSA) is 49.4 Å². The summed E-state index contributed by atoms with van der Waals surface area (Å²) in [6.45, 7) is 5.33. The zero-order valence-corrected chi connectivity index (χ0v) is 19.7. The Bertz CT molecular complexity index is 689. The molecule has 1 saturated heterocycles. The Balaban J connectivity index is 1.77. The maximum atomic E-state index is 12.2. The molecule has 0 spiro atoms. The van der Waals surface area contributed by atoms with Gasteiger partial charge in [0.05, 0.1) is 19.8 Å². The molecule has 1 aliphatic rings. The minimum absolute atomic E-state index is 0.166. The van der Waals surface area contributed by atoms with Gasteiger partial charge in [-0.2, -0.15) is 0 Å². The van der Waals surface area contributed by atoms with Crippen molar-refractivity contribution in [3.8, 4) is 0 Å². The van der Waals surface area contributed by atoms with Crippen molar-refractivity contribution in [1.82, 2.24) is 10.2 Å². The molecular weight excluding hydrogens is 386 g/mol. The number of unbranched alkanes of at least 4 members (excludes halogenated alkanes) is 5. The number of likely N-dealkylation sites (tertiary alicyclic amines) is 1. The van der Waals surface area contributed by atoms with E-state index in [1.165, 1.54) is 25.7 Å². The highest BCUT2D eigenvalue weighted by molar-refractivity contribution is 5.77. The number of rotatable bonds is 15. The molecule has 1 atom stereocenters. The van der Waals surface area contributed by atoms with Gasteiger partial charge in [0.15, 0.2) is 6.67 Å². The van der Waals surface area contributed by atoms with Crippen molar-refractivity contribution in [3.05, 3.63) is 42.1 Å². The zero-order valence-electron chi connectivity index (χ0n) is 19.7. The second-order valence-electron chi connectivity index (χ2n) is 9.05. The van der Waals surface area contributed by atoms with Crippen LogP contribution in [0.15, 0.2) is 36.5 Å². The molecule has 5 heteroatoms. The van der Waals surface area contributed by atoms with Crippen LogP contribution in [0, 0.1) is 0 Å². The number of nitrogens with one attached hydrogen (secondary N) is 1. The van der Waals surface area contributed by atoms with Gasteiger partial charge >= 0.3 is 0 Å². The monoisotopic (exact) mass is 428 g/mol. The number of hydrogen-bond acceptors (Lipinski definition) is 2. The van der Waals surface area contributed by atoms with Crippen molar-refractivity contribution in [2.75, 3.05) is 33.4 Å². The van der Waals surface area contributed by atoms with Crippen LogP contribution in [0.4, 0.5) is 0 Å². The van der Waals surface area contributed by atoms with Crippen LogP contribution in [0.3, 0.4) is 0 Å². The third kappa shape index (κ3) is 10.1. The van der Waals surface area contributed by atoms with E-state index in [2.05, 4.69) is 43.7 Å². The van der Waals surface area contributed by atoms with Crippen LogP contribution in [0.5, 0.6) is 0 Å². The minimum atomic E-state index is 0.166. The predicted molar refractivity (Wildman–Crippen MR) is 128 cm³/mol. The Kier molecular flexibility index (Phi) is 11.4. The summed E-state index contributed by atoms with van der Waals surface area (Å²) in [5, 5.41) is 3.08. The van der Waals surface area contributed by atoms with Gasteiger partial charge in [-0.05, 0) is 24.5 Å². The second-order valence-corrected chi connectivity index (χ2v) is 9.05. The van der Waals surface area contributed by atoms with Gasteiger partial charge in [0.25, 0.3) is 0 Å². The van der Waals surface area contributed by atoms with E-state index in [1.807, 2.05) is 23.1 Å². The third-order valence-corrected chi connectivity index (χ3v) is 6.02. The first-order valence-corrected chi connectivity index (χ1v) is 12.2. The maximum absolute atomic E-state index is 12.2. The van der Waals surface area contributed by atoms with Crippen LogP contribution in [0.1, 0.15) is 76.7 Å². The summed E-state index contributed by atoms with van der Waals surface area (Å²) in [4.78, 5) is 26.2. The van der Waals surface area contributed by atoms with Crippen molar-refractivity contribution in [3.63, 3.8) is 0 Å². The number of nitrogens with zero attached hydrogens (tertiary/aromatic N) is 2. The van der Waals surface area contributed by atoms with E-state index in [1.54, 1.807) is 0 Å². The number of carbonyl (C=O) groups excluding carboxylic acids is 2. The average molecular weight is 429 g/mol. The SMILES string of the molecule is CCCCCCCCC(=O)NCCC[N+](C)(C=Cc1ccccc1)CN1CCCC1=O. The fourth-order valence-electron chi connectivity index (χ4n) is 4.09. The summed E-state index contributed by atoms with van der Waals surface area (Å²) in [6, 6.07) is 10.3. The first kappa shape index (κ1) is 25.1. The van der Waals surface area contributed by atoms with Gasteiger partial charge in [-0.15, -0.1) is 0 Å². The fourth-order valence-corrected chi connectivity index (χ4v) is 4.09. The lowest BCUT2D eigenvalue weighted by molar-refractivity contribution is -0.868. The van der Waals surface area contributed by atoms with Gasteiger partial charge in [0, 0.05) is 32.4 Å². The van der Waals surface area contributed by atoms with Crippen LogP contribution < -0.4 is 5.32 Å². The molecule has 0 aliphatic carbocycles. The van der Waals surface area contributed by atoms with Gasteiger partial charge in [-0.25, -0.2) is 0 Å². The summed E-state index contributed by atoms with van der Waals surface area (Å²) in [5.41, 5.74) is 1.16. The molecule has 1 aromatic carbocycles. The van der Waals surface area contributed by atoms with E-state index in [9.17, 15) is 9.59 Å². The van der Waals surface area contributed by atoms with E-state index in [-0.39, 0.29) is 11.8 Å². The molecule has 1 N–H and O–H groups in total. The number of benzene rings is 1. The second kappa shape index (κ2) is 14.0. The molecule has 1 heterocycles. The van der Waals surface area contributed by atoms with Crippen LogP contribution in [0.25, 0.3) is 6.08 Å². The highest BCUT2D eigenvalue weighted by Crippen LogP contribution is 2.16. The van der Waals surface area contributed by atoms with Crippen LogP contribution >= 0.6 is 0 Å². The van der Waals surface area contributed by atoms with Crippen molar-refractivity contribution in [2.45, 2.75) is 71.1 Å². The molecule has 1 aromatic rings. The Morgan fingerprint density at radius 1 is 1.10 bits per heavy atom. The zero-order chi connectivity index (χ0) is 22.4. The molecule has 0 bridgehead atoms. The summed E-state index contributed by atoms with van der Waals surface area (Å²) in [6.07, 6.45) is 14.7. The van der Waals surface area contributed by atoms with Crippen molar-refractivity contribution < 1.29 is 14.1 Å². The summed E-state index contributed by atoms with van der Waals surface area (Å²) in [5.74, 6) is 0.420. The number of carbonyl (C=O) groups is 2. The molecule has 1 unspecified atom stereocenters. The molecule has 0 saturated carbocycles. The Hall–Kier alpha value is -2.14. The molecule has 0 radical (unpaired) electrons. The standard InChI is InChI=1S/C26H41N3O2/c1-3-4-5-6-7-11-16-25(30)27-19-13-21-29(2,23-28-20-12-17-26(28)31)22-18-24-14-9-8-10-15-24/h8-10,14-15,18,22H,3-7,11-13,16-17,19-21,23H2,1-2H3/p+1. The van der Waals surface area contributed by atoms with Gasteiger partial charge in [0.2, 0.25) is 11.8 Å². The summed E-state index contributed by atoms with van der Waals surface area (Å²) < 4.78 is 0.661. The molecule has 2 rings (SSSR count). The number of hydrogen-bond donors (Lipinski definition) is 1. The van der Waals surface area contributed by atoms with E-state index >= 15 is 0 Å². The quantitative estimate of drug-likeness (QED) is 0.318. The Labute approximate surface area is 189 Å². The van der Waals surface area contributed by atoms with Crippen molar-refractivity contribution >= 4 is 17.9 Å². The van der Waals surface area contributed by atoms with E-state index in [0.717, 1.165) is 44.3 Å². The highest BCUT2D eigenvalue weighted by atomic mass is 16.2. The first-order chi connectivity index (χ1) is 15.0. The van der Waals surface area contributed by atoms with Crippen LogP contribution in [-0.2, 0) is 9.59 Å². The van der Waals surface area contributed by atoms with Crippen molar-refractivity contribution in [1.29, 1.82) is 0 Å². The molecular formula is C26H42N3O2+. The summed E-state index contributed by atoms with van der Waals surface area (Å²) >= 11 is 0. The van der Waals surface area contributed by atoms with E-state index < -0.39 is 0 Å². The van der Waals surface area contributed by atoms with E-state index in [4.69, 9.17) is 0 Å². The maximum Gasteiger partial charge on any atom is 0.226 e. The van der Waals surface area contributed by atoms with Crippen molar-refractivity contribution in [2.24, 2.45) is 0 Å². The lowest BCUT2D eigenvalue weighted by Crippen LogP contribution is -2.49. The molecule has 2 amide bonds. The van der Waals surface area contributed by atoms with Crippen LogP contribution in [0.2, 0.25) is 0 Å². The van der Waals surface area contributed by atoms with Gasteiger partial charge < -0.3 is 5.32 Å². The van der Waals surface area contributed by atoms with Crippen LogP contribution in [-0.4, -0.2) is 54.5 Å². The molecule has 172 valence electrons. The third-order valence-electron chi connectivity index (χ3n) is 6.02. The van der Waals surface area contributed by atoms with Gasteiger partial charge in [-0.3, -0.25) is 19.0 Å².